The normalized spacial score (nSPS) is 17.2. The van der Waals surface area contributed by atoms with Crippen LogP contribution in [-0.2, 0) is 14.2 Å². The summed E-state index contributed by atoms with van der Waals surface area (Å²) in [5.74, 6) is -1.14. The van der Waals surface area contributed by atoms with Gasteiger partial charge >= 0.3 is 5.97 Å². The van der Waals surface area contributed by atoms with Gasteiger partial charge in [0.05, 0.1) is 25.4 Å². The molecule has 0 aliphatic heterocycles. The number of nitrogens with one attached hydrogen (secondary N) is 1. The third kappa shape index (κ3) is 6.56. The molecule has 3 atom stereocenters. The van der Waals surface area contributed by atoms with Crippen LogP contribution in [0.1, 0.15) is 12.8 Å². The Morgan fingerprint density at radius 2 is 1.90 bits per heavy atom. The van der Waals surface area contributed by atoms with Crippen LogP contribution >= 0.6 is 7.29 Å². The number of carboxylic acid groups (broad SMARTS) is 1. The quantitative estimate of drug-likeness (QED) is 0.234. The number of hydrogen-bond donors (Lipinski definition) is 6. The van der Waals surface area contributed by atoms with Crippen LogP contribution in [0.3, 0.4) is 0 Å². The summed E-state index contributed by atoms with van der Waals surface area (Å²) in [6, 6.07) is -1.26. The highest BCUT2D eigenvalue weighted by Gasteiger charge is 2.36. The monoisotopic (exact) mass is 312 g/mol. The molecular formula is C10H21N2O7P. The van der Waals surface area contributed by atoms with Crippen molar-refractivity contribution in [3.63, 3.8) is 0 Å². The van der Waals surface area contributed by atoms with E-state index in [0.717, 1.165) is 0 Å². The third-order valence-electron chi connectivity index (χ3n) is 2.50. The summed E-state index contributed by atoms with van der Waals surface area (Å²) in [5, 5.41) is 37.6. The van der Waals surface area contributed by atoms with Crippen molar-refractivity contribution < 1.29 is 34.6 Å². The van der Waals surface area contributed by atoms with Crippen LogP contribution in [-0.4, -0.2) is 70.0 Å². The first-order valence-corrected chi connectivity index (χ1v) is 7.91. The van der Waals surface area contributed by atoms with Crippen molar-refractivity contribution in [2.24, 2.45) is 5.73 Å². The van der Waals surface area contributed by atoms with E-state index in [1.165, 1.54) is 0 Å². The van der Waals surface area contributed by atoms with E-state index in [-0.39, 0.29) is 26.0 Å². The Balaban J connectivity index is 4.86. The van der Waals surface area contributed by atoms with Gasteiger partial charge < -0.3 is 26.2 Å². The molecule has 0 heterocycles. The summed E-state index contributed by atoms with van der Waals surface area (Å²) in [6.07, 6.45) is -2.44. The van der Waals surface area contributed by atoms with Crippen molar-refractivity contribution in [2.75, 3.05) is 25.9 Å². The molecule has 0 spiro atoms. The van der Waals surface area contributed by atoms with Gasteiger partial charge in [0.25, 0.3) is 0 Å². The average Bonchev–Trinajstić information content (AvgIpc) is 2.41. The second-order valence-electron chi connectivity index (χ2n) is 4.27. The molecule has 0 aromatic rings. The molecule has 20 heavy (non-hydrogen) atoms. The molecule has 10 heteroatoms. The van der Waals surface area contributed by atoms with Gasteiger partial charge in [-0.15, -0.1) is 0 Å². The summed E-state index contributed by atoms with van der Waals surface area (Å²) in [5.41, 5.74) is 4.61. The van der Waals surface area contributed by atoms with Crippen molar-refractivity contribution >= 4 is 18.8 Å². The lowest BCUT2D eigenvalue weighted by Gasteiger charge is -2.22. The highest BCUT2D eigenvalue weighted by molar-refractivity contribution is 7.78. The Hall–Kier alpha value is -0.830. The van der Waals surface area contributed by atoms with Gasteiger partial charge in [0.1, 0.15) is 0 Å². The molecule has 0 aromatic carbocycles. The second-order valence-corrected chi connectivity index (χ2v) is 6.87. The molecule has 0 amide bonds. The number of aliphatic carboxylic acids is 1. The first-order chi connectivity index (χ1) is 9.26. The van der Waals surface area contributed by atoms with Gasteiger partial charge in [-0.1, -0.05) is 0 Å². The minimum Gasteiger partial charge on any atom is -0.481 e. The SMILES string of the molecule is N[C@@H](CCC(=O)O)C(=O)P(=O)(CC(O)CO)NCCO. The van der Waals surface area contributed by atoms with Crippen LogP contribution in [0.25, 0.3) is 0 Å². The van der Waals surface area contributed by atoms with Crippen LogP contribution < -0.4 is 10.8 Å². The fraction of sp³-hybridized carbons (Fsp3) is 0.800. The maximum absolute atomic E-state index is 12.5. The maximum Gasteiger partial charge on any atom is 0.303 e. The Morgan fingerprint density at radius 3 is 2.35 bits per heavy atom. The zero-order valence-electron chi connectivity index (χ0n) is 10.9. The number of aliphatic hydroxyl groups excluding tert-OH is 3. The predicted octanol–water partition coefficient (Wildman–Crippen LogP) is -2.08. The third-order valence-corrected chi connectivity index (χ3v) is 5.21. The van der Waals surface area contributed by atoms with Crippen LogP contribution in [0, 0.1) is 0 Å². The number of carboxylic acids is 1. The molecule has 0 saturated carbocycles. The number of rotatable bonds is 11. The van der Waals surface area contributed by atoms with E-state index < -0.39 is 43.7 Å². The van der Waals surface area contributed by atoms with Gasteiger partial charge in [0, 0.05) is 19.1 Å². The molecule has 0 saturated heterocycles. The van der Waals surface area contributed by atoms with Gasteiger partial charge in [-0.25, -0.2) is 0 Å². The highest BCUT2D eigenvalue weighted by Crippen LogP contribution is 2.43. The number of hydrogen-bond acceptors (Lipinski definition) is 7. The molecule has 0 aromatic heterocycles. The zero-order valence-corrected chi connectivity index (χ0v) is 11.8. The largest absolute Gasteiger partial charge is 0.481 e. The van der Waals surface area contributed by atoms with E-state index >= 15 is 0 Å². The lowest BCUT2D eigenvalue weighted by molar-refractivity contribution is -0.137. The summed E-state index contributed by atoms with van der Waals surface area (Å²) >= 11 is 0. The van der Waals surface area contributed by atoms with E-state index in [2.05, 4.69) is 5.09 Å². The Kier molecular flexibility index (Phi) is 8.79. The van der Waals surface area contributed by atoms with Crippen LogP contribution in [0.2, 0.25) is 0 Å². The molecule has 0 bridgehead atoms. The van der Waals surface area contributed by atoms with E-state index in [4.69, 9.17) is 21.1 Å². The summed E-state index contributed by atoms with van der Waals surface area (Å²) in [7, 11) is -3.79. The molecule has 0 aliphatic rings. The molecule has 0 aliphatic carbocycles. The van der Waals surface area contributed by atoms with Crippen molar-refractivity contribution in [2.45, 2.75) is 25.0 Å². The number of aliphatic hydroxyl groups is 3. The Bertz CT molecular complexity index is 377. The minimum absolute atomic E-state index is 0.146. The molecule has 9 nitrogen and oxygen atoms in total. The van der Waals surface area contributed by atoms with Crippen LogP contribution in [0.5, 0.6) is 0 Å². The predicted molar refractivity (Wildman–Crippen MR) is 70.5 cm³/mol. The highest BCUT2D eigenvalue weighted by atomic mass is 31.2. The molecule has 2 unspecified atom stereocenters. The van der Waals surface area contributed by atoms with E-state index in [0.29, 0.717) is 0 Å². The fourth-order valence-electron chi connectivity index (χ4n) is 1.49. The zero-order chi connectivity index (χ0) is 15.8. The summed E-state index contributed by atoms with van der Waals surface area (Å²) in [6.45, 7) is -1.20. The van der Waals surface area contributed by atoms with Crippen molar-refractivity contribution in [1.82, 2.24) is 5.09 Å². The first-order valence-electron chi connectivity index (χ1n) is 6.02. The smallest absolute Gasteiger partial charge is 0.303 e. The number of nitrogens with two attached hydrogens (primary N) is 1. The van der Waals surface area contributed by atoms with Crippen molar-refractivity contribution in [3.8, 4) is 0 Å². The van der Waals surface area contributed by atoms with Gasteiger partial charge in [-0.3, -0.25) is 19.2 Å². The van der Waals surface area contributed by atoms with Gasteiger partial charge in [-0.2, -0.15) is 0 Å². The molecule has 0 fully saturated rings. The summed E-state index contributed by atoms with van der Waals surface area (Å²) < 4.78 is 12.5. The molecule has 0 rings (SSSR count). The minimum atomic E-state index is -3.79. The maximum atomic E-state index is 12.5. The molecular weight excluding hydrogens is 291 g/mol. The molecule has 118 valence electrons. The first kappa shape index (κ1) is 19.2. The lowest BCUT2D eigenvalue weighted by atomic mass is 10.2. The topological polar surface area (TPSA) is 170 Å². The van der Waals surface area contributed by atoms with Crippen LogP contribution in [0.4, 0.5) is 0 Å². The number of carbonyl (C=O) groups is 2. The van der Waals surface area contributed by atoms with E-state index in [9.17, 15) is 19.3 Å². The van der Waals surface area contributed by atoms with Crippen LogP contribution in [0.15, 0.2) is 0 Å². The van der Waals surface area contributed by atoms with E-state index in [1.54, 1.807) is 0 Å². The molecule has 0 radical (unpaired) electrons. The molecule has 7 N–H and O–H groups in total. The number of carbonyl (C=O) groups excluding carboxylic acids is 1. The van der Waals surface area contributed by atoms with Crippen molar-refractivity contribution in [3.05, 3.63) is 0 Å². The Labute approximate surface area is 116 Å². The summed E-state index contributed by atoms with van der Waals surface area (Å²) in [4.78, 5) is 22.4. The van der Waals surface area contributed by atoms with Gasteiger partial charge in [0.15, 0.2) is 0 Å². The second kappa shape index (κ2) is 9.17. The van der Waals surface area contributed by atoms with Gasteiger partial charge in [-0.05, 0) is 6.42 Å². The Morgan fingerprint density at radius 1 is 1.30 bits per heavy atom. The average molecular weight is 312 g/mol. The van der Waals surface area contributed by atoms with E-state index in [1.807, 2.05) is 0 Å². The standard InChI is InChI=1S/C10H21N2O7P/c11-8(1-2-9(16)17)10(18)20(19,12-3-4-13)6-7(15)5-14/h7-8,13-15H,1-6,11H2,(H,12,19)(H,16,17)/t7?,8-,20?/m0/s1. The van der Waals surface area contributed by atoms with Crippen molar-refractivity contribution in [1.29, 1.82) is 0 Å². The fourth-order valence-corrected chi connectivity index (χ4v) is 3.79. The van der Waals surface area contributed by atoms with Gasteiger partial charge in [0.2, 0.25) is 12.8 Å². The lowest BCUT2D eigenvalue weighted by Crippen LogP contribution is -2.38.